The van der Waals surface area contributed by atoms with Crippen LogP contribution in [0.3, 0.4) is 0 Å². The number of aryl methyl sites for hydroxylation is 2. The Morgan fingerprint density at radius 3 is 2.15 bits per heavy atom. The van der Waals surface area contributed by atoms with Crippen LogP contribution in [0.1, 0.15) is 30.0 Å². The molecule has 3 aromatic carbocycles. The monoisotopic (exact) mass is 567 g/mol. The summed E-state index contributed by atoms with van der Waals surface area (Å²) >= 11 is 0. The quantitative estimate of drug-likeness (QED) is 0.354. The van der Waals surface area contributed by atoms with E-state index in [1.165, 1.54) is 44.4 Å². The number of anilines is 1. The molecule has 0 spiro atoms. The first-order valence-corrected chi connectivity index (χ1v) is 14.4. The van der Waals surface area contributed by atoms with Gasteiger partial charge in [0, 0.05) is 19.7 Å². The van der Waals surface area contributed by atoms with E-state index in [-0.39, 0.29) is 23.1 Å². The number of likely N-dealkylation sites (N-methyl/N-ethyl adjacent to an activating group) is 1. The maximum atomic E-state index is 14.1. The smallest absolute Gasteiger partial charge is 0.264 e. The van der Waals surface area contributed by atoms with Crippen molar-refractivity contribution in [1.29, 1.82) is 0 Å². The Kier molecular flexibility index (Phi) is 10.2. The molecular formula is C30H37N3O6S. The van der Waals surface area contributed by atoms with Crippen LogP contribution in [0.15, 0.2) is 71.6 Å². The van der Waals surface area contributed by atoms with Crippen molar-refractivity contribution in [1.82, 2.24) is 10.2 Å². The first-order chi connectivity index (χ1) is 19.0. The van der Waals surface area contributed by atoms with Crippen LogP contribution in [-0.4, -0.2) is 59.0 Å². The van der Waals surface area contributed by atoms with Crippen LogP contribution in [0.25, 0.3) is 0 Å². The molecule has 1 atom stereocenters. The van der Waals surface area contributed by atoms with Crippen LogP contribution >= 0.6 is 0 Å². The van der Waals surface area contributed by atoms with Crippen molar-refractivity contribution in [2.75, 3.05) is 32.1 Å². The molecule has 10 heteroatoms. The van der Waals surface area contributed by atoms with Crippen molar-refractivity contribution >= 4 is 27.5 Å². The number of hydrogen-bond acceptors (Lipinski definition) is 6. The number of carbonyl (C=O) groups is 2. The van der Waals surface area contributed by atoms with E-state index in [1.807, 2.05) is 45.0 Å². The zero-order valence-corrected chi connectivity index (χ0v) is 24.6. The van der Waals surface area contributed by atoms with Crippen molar-refractivity contribution in [3.05, 3.63) is 83.4 Å². The number of rotatable bonds is 12. The van der Waals surface area contributed by atoms with Crippen molar-refractivity contribution in [3.63, 3.8) is 0 Å². The van der Waals surface area contributed by atoms with E-state index in [2.05, 4.69) is 5.32 Å². The second-order valence-electron chi connectivity index (χ2n) is 9.41. The summed E-state index contributed by atoms with van der Waals surface area (Å²) in [5.74, 6) is -0.222. The lowest BCUT2D eigenvalue weighted by molar-refractivity contribution is -0.140. The van der Waals surface area contributed by atoms with E-state index in [0.717, 1.165) is 21.0 Å². The molecule has 40 heavy (non-hydrogen) atoms. The van der Waals surface area contributed by atoms with Gasteiger partial charge in [0.15, 0.2) is 11.5 Å². The lowest BCUT2D eigenvalue weighted by Gasteiger charge is -2.33. The zero-order chi connectivity index (χ0) is 29.4. The fraction of sp³-hybridized carbons (Fsp3) is 0.333. The number of benzene rings is 3. The van der Waals surface area contributed by atoms with Gasteiger partial charge in [-0.15, -0.1) is 0 Å². The van der Waals surface area contributed by atoms with E-state index in [0.29, 0.717) is 17.9 Å². The maximum Gasteiger partial charge on any atom is 0.264 e. The average molecular weight is 568 g/mol. The Labute approximate surface area is 236 Å². The van der Waals surface area contributed by atoms with E-state index in [4.69, 9.17) is 9.47 Å². The average Bonchev–Trinajstić information content (AvgIpc) is 2.95. The first-order valence-electron chi connectivity index (χ1n) is 12.9. The van der Waals surface area contributed by atoms with Gasteiger partial charge >= 0.3 is 0 Å². The topological polar surface area (TPSA) is 105 Å². The summed E-state index contributed by atoms with van der Waals surface area (Å²) in [5.41, 5.74) is 3.10. The van der Waals surface area contributed by atoms with Crippen LogP contribution in [0, 0.1) is 13.8 Å². The Hall–Kier alpha value is -4.05. The first kappa shape index (κ1) is 30.5. The molecule has 0 aliphatic carbocycles. The van der Waals surface area contributed by atoms with Gasteiger partial charge in [-0.05, 0) is 50.1 Å². The summed E-state index contributed by atoms with van der Waals surface area (Å²) in [6, 6.07) is 18.0. The van der Waals surface area contributed by atoms with Crippen LogP contribution in [0.2, 0.25) is 0 Å². The van der Waals surface area contributed by atoms with Crippen molar-refractivity contribution in [2.45, 2.75) is 44.7 Å². The minimum absolute atomic E-state index is 0.0675. The molecule has 1 unspecified atom stereocenters. The lowest BCUT2D eigenvalue weighted by atomic mass is 10.1. The SMILES string of the molecule is CCC(C(=O)NC)N(Cc1cccc(C)c1)C(=O)CN(c1ccc(C)cc1)S(=O)(=O)c1ccc(OC)c(OC)c1. The Morgan fingerprint density at radius 1 is 0.900 bits per heavy atom. The molecule has 0 saturated heterocycles. The van der Waals surface area contributed by atoms with Crippen LogP contribution in [0.5, 0.6) is 11.5 Å². The maximum absolute atomic E-state index is 14.1. The van der Waals surface area contributed by atoms with E-state index in [1.54, 1.807) is 24.3 Å². The van der Waals surface area contributed by atoms with Gasteiger partial charge in [0.05, 0.1) is 24.8 Å². The second kappa shape index (κ2) is 13.3. The van der Waals surface area contributed by atoms with Gasteiger partial charge in [-0.2, -0.15) is 0 Å². The molecule has 214 valence electrons. The molecule has 3 rings (SSSR count). The normalized spacial score (nSPS) is 11.8. The van der Waals surface area contributed by atoms with E-state index in [9.17, 15) is 18.0 Å². The highest BCUT2D eigenvalue weighted by Crippen LogP contribution is 2.32. The molecule has 0 aliphatic rings. The number of sulfonamides is 1. The predicted octanol–water partition coefficient (Wildman–Crippen LogP) is 4.07. The molecule has 2 amide bonds. The van der Waals surface area contributed by atoms with Gasteiger partial charge < -0.3 is 19.7 Å². The molecule has 0 aromatic heterocycles. The largest absolute Gasteiger partial charge is 0.493 e. The van der Waals surface area contributed by atoms with Gasteiger partial charge in [0.2, 0.25) is 11.8 Å². The summed E-state index contributed by atoms with van der Waals surface area (Å²) in [6.45, 7) is 5.28. The summed E-state index contributed by atoms with van der Waals surface area (Å²) in [6.07, 6.45) is 0.351. The molecule has 9 nitrogen and oxygen atoms in total. The number of methoxy groups -OCH3 is 2. The zero-order valence-electron chi connectivity index (χ0n) is 23.8. The molecule has 0 radical (unpaired) electrons. The highest BCUT2D eigenvalue weighted by molar-refractivity contribution is 7.92. The number of nitrogens with one attached hydrogen (secondary N) is 1. The second-order valence-corrected chi connectivity index (χ2v) is 11.3. The minimum Gasteiger partial charge on any atom is -0.493 e. The molecule has 0 saturated carbocycles. The third-order valence-electron chi connectivity index (χ3n) is 6.61. The molecule has 0 bridgehead atoms. The fourth-order valence-corrected chi connectivity index (χ4v) is 5.87. The molecular weight excluding hydrogens is 530 g/mol. The summed E-state index contributed by atoms with van der Waals surface area (Å²) in [5, 5.41) is 2.63. The molecule has 3 aromatic rings. The number of hydrogen-bond donors (Lipinski definition) is 1. The van der Waals surface area contributed by atoms with Gasteiger partial charge in [0.25, 0.3) is 10.0 Å². The van der Waals surface area contributed by atoms with Gasteiger partial charge in [-0.3, -0.25) is 13.9 Å². The number of nitrogens with zero attached hydrogens (tertiary/aromatic N) is 2. The Bertz CT molecular complexity index is 1440. The summed E-state index contributed by atoms with van der Waals surface area (Å²) < 4.78 is 39.8. The third-order valence-corrected chi connectivity index (χ3v) is 8.38. The lowest BCUT2D eigenvalue weighted by Crippen LogP contribution is -2.51. The highest BCUT2D eigenvalue weighted by atomic mass is 32.2. The number of amides is 2. The molecule has 0 heterocycles. The van der Waals surface area contributed by atoms with E-state index < -0.39 is 28.5 Å². The number of ether oxygens (including phenoxy) is 2. The Morgan fingerprint density at radius 2 is 1.57 bits per heavy atom. The predicted molar refractivity (Wildman–Crippen MR) is 155 cm³/mol. The molecule has 0 aliphatic heterocycles. The van der Waals surface area contributed by atoms with E-state index >= 15 is 0 Å². The third kappa shape index (κ3) is 6.93. The number of carbonyl (C=O) groups excluding carboxylic acids is 2. The van der Waals surface area contributed by atoms with Crippen molar-refractivity contribution < 1.29 is 27.5 Å². The van der Waals surface area contributed by atoms with Gasteiger partial charge in [-0.1, -0.05) is 54.4 Å². The summed E-state index contributed by atoms with van der Waals surface area (Å²) in [7, 11) is 0.153. The van der Waals surface area contributed by atoms with Gasteiger partial charge in [0.1, 0.15) is 12.6 Å². The van der Waals surface area contributed by atoms with Crippen LogP contribution in [-0.2, 0) is 26.2 Å². The van der Waals surface area contributed by atoms with Gasteiger partial charge in [-0.25, -0.2) is 8.42 Å². The molecule has 1 N–H and O–H groups in total. The minimum atomic E-state index is -4.24. The van der Waals surface area contributed by atoms with Crippen molar-refractivity contribution in [2.24, 2.45) is 0 Å². The van der Waals surface area contributed by atoms with Crippen molar-refractivity contribution in [3.8, 4) is 11.5 Å². The van der Waals surface area contributed by atoms with Crippen LogP contribution < -0.4 is 19.1 Å². The standard InChI is InChI=1S/C30H37N3O6S/c1-7-26(30(35)31-4)32(19-23-10-8-9-22(3)17-23)29(34)20-33(24-13-11-21(2)12-14-24)40(36,37)25-15-16-27(38-5)28(18-25)39-6/h8-18,26H,7,19-20H2,1-6H3,(H,31,35). The highest BCUT2D eigenvalue weighted by Gasteiger charge is 2.33. The van der Waals surface area contributed by atoms with Crippen LogP contribution in [0.4, 0.5) is 5.69 Å². The summed E-state index contributed by atoms with van der Waals surface area (Å²) in [4.78, 5) is 28.2. The Balaban J connectivity index is 2.09. The fourth-order valence-electron chi connectivity index (χ4n) is 4.44. The molecule has 0 fully saturated rings.